The van der Waals surface area contributed by atoms with Crippen LogP contribution >= 0.6 is 0 Å². The van der Waals surface area contributed by atoms with Crippen molar-refractivity contribution in [2.24, 2.45) is 5.10 Å². The number of nitro groups is 3. The normalized spacial score (nSPS) is 11.4. The van der Waals surface area contributed by atoms with Crippen LogP contribution in [-0.4, -0.2) is 29.4 Å². The van der Waals surface area contributed by atoms with E-state index in [4.69, 9.17) is 4.42 Å². The molecule has 39 heavy (non-hydrogen) atoms. The Hall–Kier alpha value is -5.44. The predicted molar refractivity (Wildman–Crippen MR) is 139 cm³/mol. The minimum atomic E-state index is -4.13. The van der Waals surface area contributed by atoms with Crippen molar-refractivity contribution in [3.05, 3.63) is 114 Å². The summed E-state index contributed by atoms with van der Waals surface area (Å²) in [5.41, 5.74) is -0.699. The quantitative estimate of drug-likeness (QED) is 0.169. The van der Waals surface area contributed by atoms with Gasteiger partial charge in [0.2, 0.25) is 5.76 Å². The summed E-state index contributed by atoms with van der Waals surface area (Å²) in [7, 11) is -4.13. The molecule has 198 valence electrons. The summed E-state index contributed by atoms with van der Waals surface area (Å²) in [6.07, 6.45) is 0.769. The third kappa shape index (κ3) is 5.62. The van der Waals surface area contributed by atoms with E-state index in [0.717, 1.165) is 23.9 Å². The molecule has 3 aromatic carbocycles. The molecule has 0 aliphatic heterocycles. The number of benzene rings is 3. The minimum Gasteiger partial charge on any atom is -0.447 e. The summed E-state index contributed by atoms with van der Waals surface area (Å²) < 4.78 is 30.8. The van der Waals surface area contributed by atoms with Crippen molar-refractivity contribution in [2.75, 3.05) is 0 Å². The minimum absolute atomic E-state index is 0.0149. The zero-order valence-electron chi connectivity index (χ0n) is 19.9. The van der Waals surface area contributed by atoms with Gasteiger partial charge in [-0.2, -0.15) is 18.4 Å². The van der Waals surface area contributed by atoms with E-state index < -0.39 is 36.2 Å². The van der Waals surface area contributed by atoms with Crippen molar-refractivity contribution < 1.29 is 27.6 Å². The van der Waals surface area contributed by atoms with Crippen LogP contribution in [0.3, 0.4) is 0 Å². The van der Waals surface area contributed by atoms with Gasteiger partial charge >= 0.3 is 5.69 Å². The fourth-order valence-electron chi connectivity index (χ4n) is 3.64. The summed E-state index contributed by atoms with van der Waals surface area (Å²) in [6, 6.07) is 15.9. The Morgan fingerprint density at radius 3 is 1.95 bits per heavy atom. The molecule has 1 heterocycles. The molecular formula is C24H17N5O9S. The van der Waals surface area contributed by atoms with Crippen LogP contribution in [0.4, 0.5) is 17.1 Å². The summed E-state index contributed by atoms with van der Waals surface area (Å²) >= 11 is 0. The van der Waals surface area contributed by atoms with Crippen LogP contribution in [0.5, 0.6) is 0 Å². The molecule has 0 spiro atoms. The number of nitrogens with zero attached hydrogens (tertiary/aromatic N) is 4. The maximum absolute atomic E-state index is 12.6. The van der Waals surface area contributed by atoms with E-state index >= 15 is 0 Å². The molecule has 0 radical (unpaired) electrons. The molecule has 14 nitrogen and oxygen atoms in total. The number of hydrogen-bond donors (Lipinski definition) is 1. The molecule has 0 saturated heterocycles. The van der Waals surface area contributed by atoms with Crippen LogP contribution in [0.2, 0.25) is 0 Å². The SMILES string of the molecule is Cc1ccc(S(=O)(=O)N/N=C/c2oc(-c3cccc([N+](=O)[O-])c3)c(-c3cccc([N+](=O)[O-])c3)c2[N+](=O)[O-])cc1. The fourth-order valence-corrected chi connectivity index (χ4v) is 4.43. The number of sulfonamides is 1. The number of nitrogens with one attached hydrogen (secondary N) is 1. The number of rotatable bonds is 9. The number of hydrogen-bond acceptors (Lipinski definition) is 10. The Balaban J connectivity index is 1.88. The first-order valence-corrected chi connectivity index (χ1v) is 12.4. The maximum atomic E-state index is 12.6. The molecule has 0 aliphatic rings. The molecule has 4 aromatic rings. The standard InChI is InChI=1S/C24H17N5O9S/c1-15-8-10-20(11-9-15)39(36,37)26-25-14-21-23(29(34)35)22(16-4-2-6-18(12-16)27(30)31)24(38-21)17-5-3-7-19(13-17)28(32)33/h2-14,26H,1H3/b25-14+. The lowest BCUT2D eigenvalue weighted by molar-refractivity contribution is -0.385. The molecule has 0 atom stereocenters. The molecule has 0 bridgehead atoms. The number of non-ortho nitro benzene ring substituents is 2. The number of hydrazone groups is 1. The van der Waals surface area contributed by atoms with Gasteiger partial charge < -0.3 is 4.42 Å². The topological polar surface area (TPSA) is 201 Å². The Kier molecular flexibility index (Phi) is 7.17. The molecule has 15 heteroatoms. The summed E-state index contributed by atoms with van der Waals surface area (Å²) in [6.45, 7) is 1.77. The van der Waals surface area contributed by atoms with Crippen LogP contribution in [0.1, 0.15) is 11.3 Å². The Morgan fingerprint density at radius 1 is 0.821 bits per heavy atom. The smallest absolute Gasteiger partial charge is 0.324 e. The lowest BCUT2D eigenvalue weighted by atomic mass is 9.99. The van der Waals surface area contributed by atoms with E-state index in [1.54, 1.807) is 19.1 Å². The molecule has 0 aliphatic carbocycles. The van der Waals surface area contributed by atoms with Crippen LogP contribution in [0.25, 0.3) is 22.5 Å². The first-order chi connectivity index (χ1) is 18.5. The molecule has 1 aromatic heterocycles. The molecule has 0 saturated carbocycles. The second-order valence-electron chi connectivity index (χ2n) is 8.06. The molecular weight excluding hydrogens is 534 g/mol. The zero-order valence-corrected chi connectivity index (χ0v) is 20.7. The monoisotopic (exact) mass is 551 g/mol. The number of furan rings is 1. The average Bonchev–Trinajstić information content (AvgIpc) is 3.29. The lowest BCUT2D eigenvalue weighted by Gasteiger charge is -2.03. The first-order valence-electron chi connectivity index (χ1n) is 10.9. The van der Waals surface area contributed by atoms with Crippen molar-refractivity contribution in [1.82, 2.24) is 4.83 Å². The first kappa shape index (κ1) is 26.6. The molecule has 0 unspecified atom stereocenters. The highest BCUT2D eigenvalue weighted by Crippen LogP contribution is 2.44. The van der Waals surface area contributed by atoms with Gasteiger partial charge in [0.1, 0.15) is 11.3 Å². The Labute approximate surface area is 219 Å². The summed E-state index contributed by atoms with van der Waals surface area (Å²) in [5.74, 6) is -0.719. The van der Waals surface area contributed by atoms with Gasteiger partial charge in [0.25, 0.3) is 21.4 Å². The third-order valence-electron chi connectivity index (χ3n) is 5.44. The van der Waals surface area contributed by atoms with Crippen LogP contribution in [0, 0.1) is 37.3 Å². The van der Waals surface area contributed by atoms with E-state index in [9.17, 15) is 38.8 Å². The van der Waals surface area contributed by atoms with E-state index in [2.05, 4.69) is 5.10 Å². The largest absolute Gasteiger partial charge is 0.447 e. The molecule has 4 rings (SSSR count). The van der Waals surface area contributed by atoms with E-state index in [0.29, 0.717) is 0 Å². The summed E-state index contributed by atoms with van der Waals surface area (Å²) in [4.78, 5) is 34.5. The van der Waals surface area contributed by atoms with Crippen LogP contribution < -0.4 is 4.83 Å². The van der Waals surface area contributed by atoms with Gasteiger partial charge in [0.15, 0.2) is 0 Å². The predicted octanol–water partition coefficient (Wildman–Crippen LogP) is 4.96. The van der Waals surface area contributed by atoms with Gasteiger partial charge in [0, 0.05) is 29.8 Å². The highest BCUT2D eigenvalue weighted by Gasteiger charge is 2.32. The maximum Gasteiger partial charge on any atom is 0.324 e. The van der Waals surface area contributed by atoms with Gasteiger partial charge in [-0.25, -0.2) is 0 Å². The van der Waals surface area contributed by atoms with Gasteiger partial charge in [-0.15, -0.1) is 0 Å². The van der Waals surface area contributed by atoms with Gasteiger partial charge in [-0.05, 0) is 24.6 Å². The van der Waals surface area contributed by atoms with Gasteiger partial charge in [-0.1, -0.05) is 42.0 Å². The van der Waals surface area contributed by atoms with E-state index in [1.165, 1.54) is 48.5 Å². The molecule has 0 amide bonds. The fraction of sp³-hybridized carbons (Fsp3) is 0.0417. The van der Waals surface area contributed by atoms with Crippen molar-refractivity contribution in [1.29, 1.82) is 0 Å². The Bertz CT molecular complexity index is 1750. The summed E-state index contributed by atoms with van der Waals surface area (Å²) in [5, 5.41) is 38.4. The van der Waals surface area contributed by atoms with Gasteiger partial charge in [0.05, 0.1) is 25.9 Å². The number of nitro benzene ring substituents is 2. The van der Waals surface area contributed by atoms with E-state index in [1.807, 2.05) is 4.83 Å². The van der Waals surface area contributed by atoms with Crippen molar-refractivity contribution in [2.45, 2.75) is 11.8 Å². The average molecular weight is 551 g/mol. The second kappa shape index (κ2) is 10.5. The van der Waals surface area contributed by atoms with Gasteiger partial charge in [-0.3, -0.25) is 30.3 Å². The van der Waals surface area contributed by atoms with Crippen molar-refractivity contribution in [3.8, 4) is 22.5 Å². The Morgan fingerprint density at radius 2 is 1.38 bits per heavy atom. The van der Waals surface area contributed by atoms with Crippen LogP contribution in [0.15, 0.2) is 87.2 Å². The zero-order chi connectivity index (χ0) is 28.3. The highest BCUT2D eigenvalue weighted by molar-refractivity contribution is 7.89. The molecule has 0 fully saturated rings. The van der Waals surface area contributed by atoms with E-state index in [-0.39, 0.29) is 38.7 Å². The lowest BCUT2D eigenvalue weighted by Crippen LogP contribution is -2.18. The van der Waals surface area contributed by atoms with Crippen molar-refractivity contribution in [3.63, 3.8) is 0 Å². The second-order valence-corrected chi connectivity index (χ2v) is 9.72. The third-order valence-corrected chi connectivity index (χ3v) is 6.68. The van der Waals surface area contributed by atoms with Crippen LogP contribution in [-0.2, 0) is 10.0 Å². The molecule has 1 N–H and O–H groups in total. The highest BCUT2D eigenvalue weighted by atomic mass is 32.2. The number of aryl methyl sites for hydroxylation is 1. The van der Waals surface area contributed by atoms with Crippen molar-refractivity contribution >= 4 is 33.3 Å².